The summed E-state index contributed by atoms with van der Waals surface area (Å²) in [6, 6.07) is 4.08. The van der Waals surface area contributed by atoms with Crippen molar-refractivity contribution in [1.29, 1.82) is 0 Å². The molecule has 1 N–H and O–H groups in total. The Morgan fingerprint density at radius 1 is 1.42 bits per heavy atom. The van der Waals surface area contributed by atoms with E-state index in [1.165, 1.54) is 4.88 Å². The zero-order chi connectivity index (χ0) is 13.7. The first-order valence-electron chi connectivity index (χ1n) is 5.94. The van der Waals surface area contributed by atoms with Gasteiger partial charge in [0.25, 0.3) is 5.22 Å². The van der Waals surface area contributed by atoms with Gasteiger partial charge in [0.1, 0.15) is 5.76 Å². The summed E-state index contributed by atoms with van der Waals surface area (Å²) >= 11 is 3.26. The number of thiophene rings is 1. The van der Waals surface area contributed by atoms with Crippen molar-refractivity contribution < 1.29 is 9.52 Å². The van der Waals surface area contributed by atoms with Crippen LogP contribution in [0, 0.1) is 25.7 Å². The number of nitrogens with zero attached hydrogens (tertiary/aromatic N) is 1. The standard InChI is InChI=1S/C14H15NO2S2/c1-10-11(2)17-14(15-10)18-9-13-7-6-12(19-13)5-3-4-8-16/h6-7,16H,4,8-9H2,1-2H3. The highest BCUT2D eigenvalue weighted by atomic mass is 32.2. The molecule has 0 atom stereocenters. The molecule has 0 aliphatic heterocycles. The van der Waals surface area contributed by atoms with E-state index in [1.54, 1.807) is 23.1 Å². The van der Waals surface area contributed by atoms with Crippen molar-refractivity contribution in [2.45, 2.75) is 31.2 Å². The summed E-state index contributed by atoms with van der Waals surface area (Å²) in [5, 5.41) is 9.38. The highest BCUT2D eigenvalue weighted by Gasteiger charge is 2.07. The SMILES string of the molecule is Cc1nc(SCc2ccc(C#CCCO)s2)oc1C. The third-order valence-electron chi connectivity index (χ3n) is 2.46. The van der Waals surface area contributed by atoms with Crippen molar-refractivity contribution in [3.8, 4) is 11.8 Å². The van der Waals surface area contributed by atoms with E-state index >= 15 is 0 Å². The monoisotopic (exact) mass is 293 g/mol. The van der Waals surface area contributed by atoms with Crippen LogP contribution in [0.25, 0.3) is 0 Å². The molecule has 0 saturated heterocycles. The second kappa shape index (κ2) is 6.80. The lowest BCUT2D eigenvalue weighted by atomic mass is 10.4. The van der Waals surface area contributed by atoms with Gasteiger partial charge < -0.3 is 9.52 Å². The third-order valence-corrected chi connectivity index (χ3v) is 4.52. The van der Waals surface area contributed by atoms with Gasteiger partial charge in [-0.05, 0) is 26.0 Å². The Kier molecular flexibility index (Phi) is 5.08. The summed E-state index contributed by atoms with van der Waals surface area (Å²) < 4.78 is 5.52. The molecule has 2 aromatic rings. The number of hydrogen-bond donors (Lipinski definition) is 1. The highest BCUT2D eigenvalue weighted by Crippen LogP contribution is 2.27. The Labute approximate surface area is 121 Å². The van der Waals surface area contributed by atoms with Crippen LogP contribution in [0.15, 0.2) is 21.8 Å². The number of aliphatic hydroxyl groups is 1. The van der Waals surface area contributed by atoms with E-state index in [2.05, 4.69) is 22.9 Å². The second-order valence-electron chi connectivity index (χ2n) is 3.95. The molecule has 0 bridgehead atoms. The average Bonchev–Trinajstić information content (AvgIpc) is 2.95. The van der Waals surface area contributed by atoms with Gasteiger partial charge in [-0.3, -0.25) is 0 Å². The molecule has 0 fully saturated rings. The molecule has 2 heterocycles. The van der Waals surface area contributed by atoms with Crippen molar-refractivity contribution in [3.63, 3.8) is 0 Å². The Morgan fingerprint density at radius 2 is 2.26 bits per heavy atom. The molecule has 0 radical (unpaired) electrons. The van der Waals surface area contributed by atoms with Crippen molar-refractivity contribution in [2.75, 3.05) is 6.61 Å². The van der Waals surface area contributed by atoms with Crippen molar-refractivity contribution in [1.82, 2.24) is 4.98 Å². The van der Waals surface area contributed by atoms with Gasteiger partial charge in [0, 0.05) is 17.1 Å². The Balaban J connectivity index is 1.92. The normalized spacial score (nSPS) is 10.3. The lowest BCUT2D eigenvalue weighted by Crippen LogP contribution is -1.75. The first-order chi connectivity index (χ1) is 9.19. The molecule has 0 unspecified atom stereocenters. The van der Waals surface area contributed by atoms with Gasteiger partial charge in [0.2, 0.25) is 0 Å². The van der Waals surface area contributed by atoms with Crippen molar-refractivity contribution in [2.24, 2.45) is 0 Å². The first kappa shape index (κ1) is 14.2. The van der Waals surface area contributed by atoms with Crippen molar-refractivity contribution >= 4 is 23.1 Å². The van der Waals surface area contributed by atoms with Crippen LogP contribution in [0.1, 0.15) is 27.6 Å². The average molecular weight is 293 g/mol. The summed E-state index contributed by atoms with van der Waals surface area (Å²) in [6.45, 7) is 3.99. The van der Waals surface area contributed by atoms with Gasteiger partial charge in [0.15, 0.2) is 0 Å². The minimum atomic E-state index is 0.115. The van der Waals surface area contributed by atoms with Crippen LogP contribution in [-0.4, -0.2) is 16.7 Å². The molecule has 0 aliphatic rings. The van der Waals surface area contributed by atoms with Gasteiger partial charge in [-0.2, -0.15) is 0 Å². The Bertz CT molecular complexity index is 585. The van der Waals surface area contributed by atoms with Gasteiger partial charge in [-0.1, -0.05) is 23.6 Å². The van der Waals surface area contributed by atoms with E-state index < -0.39 is 0 Å². The predicted octanol–water partition coefficient (Wildman–Crippen LogP) is 3.38. The van der Waals surface area contributed by atoms with Crippen LogP contribution in [0.4, 0.5) is 0 Å². The van der Waals surface area contributed by atoms with Crippen LogP contribution in [0.2, 0.25) is 0 Å². The predicted molar refractivity (Wildman–Crippen MR) is 78.4 cm³/mol. The van der Waals surface area contributed by atoms with Gasteiger partial charge in [-0.15, -0.1) is 11.3 Å². The van der Waals surface area contributed by atoms with E-state index in [0.717, 1.165) is 27.3 Å². The minimum Gasteiger partial charge on any atom is -0.437 e. The minimum absolute atomic E-state index is 0.115. The number of oxazole rings is 1. The summed E-state index contributed by atoms with van der Waals surface area (Å²) in [5.41, 5.74) is 0.948. The fraction of sp³-hybridized carbons (Fsp3) is 0.357. The maximum atomic E-state index is 8.66. The molecule has 0 aromatic carbocycles. The van der Waals surface area contributed by atoms with Gasteiger partial charge >= 0.3 is 0 Å². The van der Waals surface area contributed by atoms with Gasteiger partial charge in [-0.25, -0.2) is 4.98 Å². The summed E-state index contributed by atoms with van der Waals surface area (Å²) in [5.74, 6) is 7.68. The zero-order valence-corrected chi connectivity index (χ0v) is 12.5. The van der Waals surface area contributed by atoms with E-state index in [-0.39, 0.29) is 6.61 Å². The molecule has 0 spiro atoms. The van der Waals surface area contributed by atoms with Crippen LogP contribution in [0.5, 0.6) is 0 Å². The van der Waals surface area contributed by atoms with Crippen LogP contribution in [-0.2, 0) is 5.75 Å². The summed E-state index contributed by atoms with van der Waals surface area (Å²) in [6.07, 6.45) is 0.525. The zero-order valence-electron chi connectivity index (χ0n) is 10.9. The lowest BCUT2D eigenvalue weighted by Gasteiger charge is -1.92. The molecule has 3 nitrogen and oxygen atoms in total. The Morgan fingerprint density at radius 3 is 2.95 bits per heavy atom. The summed E-state index contributed by atoms with van der Waals surface area (Å²) in [4.78, 5) is 6.61. The summed E-state index contributed by atoms with van der Waals surface area (Å²) in [7, 11) is 0. The highest BCUT2D eigenvalue weighted by molar-refractivity contribution is 7.98. The van der Waals surface area contributed by atoms with Crippen LogP contribution < -0.4 is 0 Å². The number of thioether (sulfide) groups is 1. The second-order valence-corrected chi connectivity index (χ2v) is 6.05. The van der Waals surface area contributed by atoms with Crippen LogP contribution in [0.3, 0.4) is 0 Å². The van der Waals surface area contributed by atoms with E-state index in [9.17, 15) is 0 Å². The number of hydrogen-bond acceptors (Lipinski definition) is 5. The molecule has 0 saturated carbocycles. The molecule has 2 aromatic heterocycles. The smallest absolute Gasteiger partial charge is 0.256 e. The van der Waals surface area contributed by atoms with E-state index in [0.29, 0.717) is 6.42 Å². The molecule has 100 valence electrons. The van der Waals surface area contributed by atoms with E-state index in [4.69, 9.17) is 9.52 Å². The van der Waals surface area contributed by atoms with Crippen LogP contribution >= 0.6 is 23.1 Å². The Hall–Kier alpha value is -1.22. The molecular formula is C14H15NO2S2. The first-order valence-corrected chi connectivity index (χ1v) is 7.74. The fourth-order valence-electron chi connectivity index (χ4n) is 1.37. The molecular weight excluding hydrogens is 278 g/mol. The molecule has 19 heavy (non-hydrogen) atoms. The molecule has 0 aliphatic carbocycles. The molecule has 5 heteroatoms. The quantitative estimate of drug-likeness (QED) is 0.693. The van der Waals surface area contributed by atoms with Gasteiger partial charge in [0.05, 0.1) is 17.2 Å². The third kappa shape index (κ3) is 4.13. The number of rotatable bonds is 4. The number of aromatic nitrogens is 1. The lowest BCUT2D eigenvalue weighted by molar-refractivity contribution is 0.305. The van der Waals surface area contributed by atoms with E-state index in [1.807, 2.05) is 19.9 Å². The number of aryl methyl sites for hydroxylation is 2. The maximum absolute atomic E-state index is 8.66. The maximum Gasteiger partial charge on any atom is 0.256 e. The molecule has 0 amide bonds. The fourth-order valence-corrected chi connectivity index (χ4v) is 3.20. The molecule has 2 rings (SSSR count). The topological polar surface area (TPSA) is 46.3 Å². The largest absolute Gasteiger partial charge is 0.437 e. The number of aliphatic hydroxyl groups excluding tert-OH is 1. The van der Waals surface area contributed by atoms with Crippen molar-refractivity contribution in [3.05, 3.63) is 33.3 Å².